The molecule has 0 saturated carbocycles. The number of Topliss-reactive ketones (excluding diaryl/α,β-unsaturated/α-hetero) is 1. The van der Waals surface area contributed by atoms with Crippen molar-refractivity contribution >= 4 is 34.8 Å². The molecule has 0 saturated heterocycles. The fourth-order valence-electron chi connectivity index (χ4n) is 1.88. The number of carbonyl (C=O) groups is 1. The summed E-state index contributed by atoms with van der Waals surface area (Å²) in [5.41, 5.74) is 4.52. The molecule has 0 radical (unpaired) electrons. The van der Waals surface area contributed by atoms with Gasteiger partial charge in [0.1, 0.15) is 11.4 Å². The molecule has 0 bridgehead atoms. The smallest absolute Gasteiger partial charge is 0.330 e. The van der Waals surface area contributed by atoms with Crippen LogP contribution in [0.15, 0.2) is 33.9 Å². The first-order chi connectivity index (χ1) is 9.95. The molecule has 0 aliphatic rings. The van der Waals surface area contributed by atoms with Gasteiger partial charge in [0, 0.05) is 5.02 Å². The number of anilines is 1. The van der Waals surface area contributed by atoms with E-state index in [-0.39, 0.29) is 17.9 Å². The van der Waals surface area contributed by atoms with Crippen LogP contribution in [0.4, 0.5) is 5.82 Å². The zero-order chi connectivity index (χ0) is 15.6. The monoisotopic (exact) mass is 327 g/mol. The topological polar surface area (TPSA) is 98.0 Å². The van der Waals surface area contributed by atoms with Crippen molar-refractivity contribution in [3.8, 4) is 0 Å². The number of H-pyrrole nitrogens is 1. The van der Waals surface area contributed by atoms with Crippen LogP contribution in [0.5, 0.6) is 0 Å². The van der Waals surface area contributed by atoms with E-state index in [4.69, 9.17) is 28.9 Å². The van der Waals surface area contributed by atoms with E-state index in [0.29, 0.717) is 10.6 Å². The highest BCUT2D eigenvalue weighted by Crippen LogP contribution is 2.17. The maximum Gasteiger partial charge on any atom is 0.330 e. The van der Waals surface area contributed by atoms with Crippen LogP contribution in [0.25, 0.3) is 0 Å². The predicted octanol–water partition coefficient (Wildman–Crippen LogP) is 1.24. The summed E-state index contributed by atoms with van der Waals surface area (Å²) in [7, 11) is 0. The van der Waals surface area contributed by atoms with Crippen LogP contribution in [-0.2, 0) is 6.54 Å². The highest BCUT2D eigenvalue weighted by Gasteiger charge is 2.18. The summed E-state index contributed by atoms with van der Waals surface area (Å²) in [4.78, 5) is 37.3. The molecule has 0 atom stereocenters. The Labute approximate surface area is 129 Å². The molecule has 0 amide bonds. The van der Waals surface area contributed by atoms with Crippen molar-refractivity contribution < 1.29 is 4.79 Å². The quantitative estimate of drug-likeness (QED) is 0.652. The van der Waals surface area contributed by atoms with Gasteiger partial charge < -0.3 is 5.73 Å². The number of halogens is 2. The summed E-state index contributed by atoms with van der Waals surface area (Å²) in [5.74, 6) is -1.28. The van der Waals surface area contributed by atoms with Gasteiger partial charge >= 0.3 is 5.69 Å². The second-order valence-corrected chi connectivity index (χ2v) is 4.93. The van der Waals surface area contributed by atoms with Gasteiger partial charge in [-0.25, -0.2) is 4.79 Å². The van der Waals surface area contributed by atoms with E-state index in [0.717, 1.165) is 4.57 Å². The maximum atomic E-state index is 11.9. The standard InChI is InChI=1S/C13H11Cl2N3O3/c14-5-9(19)10-11(16)18(13(21)17-12(10)20)6-7-3-1-2-4-8(7)15/h1-4H,5-6,16H2,(H,17,20,21). The lowest BCUT2D eigenvalue weighted by molar-refractivity contribution is 0.101. The molecule has 0 aliphatic heterocycles. The molecule has 1 heterocycles. The van der Waals surface area contributed by atoms with Gasteiger partial charge in [-0.3, -0.25) is 19.1 Å². The average Bonchev–Trinajstić information content (AvgIpc) is 2.44. The molecule has 1 aromatic heterocycles. The van der Waals surface area contributed by atoms with Crippen molar-refractivity contribution in [2.24, 2.45) is 0 Å². The van der Waals surface area contributed by atoms with Gasteiger partial charge in [-0.2, -0.15) is 0 Å². The zero-order valence-corrected chi connectivity index (χ0v) is 12.2. The molecule has 0 fully saturated rings. The van der Waals surface area contributed by atoms with Gasteiger partial charge in [0.15, 0.2) is 5.78 Å². The number of nitrogens with two attached hydrogens (primary N) is 1. The number of ketones is 1. The Kier molecular flexibility index (Phi) is 4.50. The summed E-state index contributed by atoms with van der Waals surface area (Å²) < 4.78 is 1.07. The van der Waals surface area contributed by atoms with E-state index >= 15 is 0 Å². The molecular formula is C13H11Cl2N3O3. The molecule has 0 aliphatic carbocycles. The van der Waals surface area contributed by atoms with Gasteiger partial charge in [0.25, 0.3) is 5.56 Å². The minimum atomic E-state index is -0.849. The van der Waals surface area contributed by atoms with Crippen LogP contribution in [0.2, 0.25) is 5.02 Å². The fourth-order valence-corrected chi connectivity index (χ4v) is 2.21. The number of nitrogens with one attached hydrogen (secondary N) is 1. The van der Waals surface area contributed by atoms with E-state index < -0.39 is 22.9 Å². The molecule has 110 valence electrons. The molecule has 8 heteroatoms. The fraction of sp³-hybridized carbons (Fsp3) is 0.154. The third-order valence-electron chi connectivity index (χ3n) is 2.93. The number of aromatic amines is 1. The molecular weight excluding hydrogens is 317 g/mol. The van der Waals surface area contributed by atoms with Crippen LogP contribution in [0.3, 0.4) is 0 Å². The van der Waals surface area contributed by atoms with Crippen molar-refractivity contribution in [1.29, 1.82) is 0 Å². The number of aromatic nitrogens is 2. The van der Waals surface area contributed by atoms with Crippen LogP contribution in [0.1, 0.15) is 15.9 Å². The number of benzene rings is 1. The first-order valence-corrected chi connectivity index (χ1v) is 6.82. The van der Waals surface area contributed by atoms with Crippen molar-refractivity contribution in [3.05, 3.63) is 61.3 Å². The number of nitrogens with zero attached hydrogens (tertiary/aromatic N) is 1. The normalized spacial score (nSPS) is 10.6. The lowest BCUT2D eigenvalue weighted by atomic mass is 10.2. The second kappa shape index (κ2) is 6.15. The Morgan fingerprint density at radius 1 is 1.29 bits per heavy atom. The van der Waals surface area contributed by atoms with Crippen molar-refractivity contribution in [2.75, 3.05) is 11.6 Å². The molecule has 0 spiro atoms. The van der Waals surface area contributed by atoms with E-state index in [9.17, 15) is 14.4 Å². The Hall–Kier alpha value is -2.05. The number of rotatable bonds is 4. The average molecular weight is 328 g/mol. The van der Waals surface area contributed by atoms with Crippen LogP contribution < -0.4 is 17.0 Å². The Morgan fingerprint density at radius 3 is 2.57 bits per heavy atom. The van der Waals surface area contributed by atoms with E-state index in [1.54, 1.807) is 24.3 Å². The number of hydrogen-bond donors (Lipinski definition) is 2. The Balaban J connectivity index is 2.60. The molecule has 3 N–H and O–H groups in total. The van der Waals surface area contributed by atoms with Crippen LogP contribution >= 0.6 is 23.2 Å². The third-order valence-corrected chi connectivity index (χ3v) is 3.54. The number of nitrogen functional groups attached to an aromatic ring is 1. The molecule has 0 unspecified atom stereocenters. The molecule has 6 nitrogen and oxygen atoms in total. The van der Waals surface area contributed by atoms with Gasteiger partial charge in [0.05, 0.1) is 12.4 Å². The minimum absolute atomic E-state index is 0.0314. The lowest BCUT2D eigenvalue weighted by Crippen LogP contribution is -2.36. The van der Waals surface area contributed by atoms with Crippen LogP contribution in [-0.4, -0.2) is 21.2 Å². The number of hydrogen-bond acceptors (Lipinski definition) is 4. The Bertz CT molecular complexity index is 811. The summed E-state index contributed by atoms with van der Waals surface area (Å²) in [6.45, 7) is 0.0314. The largest absolute Gasteiger partial charge is 0.384 e. The van der Waals surface area contributed by atoms with Gasteiger partial charge in [-0.05, 0) is 11.6 Å². The number of carbonyl (C=O) groups excluding carboxylic acids is 1. The number of alkyl halides is 1. The second-order valence-electron chi connectivity index (χ2n) is 4.25. The van der Waals surface area contributed by atoms with Crippen molar-refractivity contribution in [1.82, 2.24) is 9.55 Å². The highest BCUT2D eigenvalue weighted by atomic mass is 35.5. The SMILES string of the molecule is Nc1c(C(=O)CCl)c(=O)[nH]c(=O)n1Cc1ccccc1Cl. The van der Waals surface area contributed by atoms with E-state index in [2.05, 4.69) is 4.98 Å². The minimum Gasteiger partial charge on any atom is -0.384 e. The van der Waals surface area contributed by atoms with Gasteiger partial charge in [0.2, 0.25) is 0 Å². The summed E-state index contributed by atoms with van der Waals surface area (Å²) in [6.07, 6.45) is 0. The van der Waals surface area contributed by atoms with Gasteiger partial charge in [-0.1, -0.05) is 29.8 Å². The zero-order valence-electron chi connectivity index (χ0n) is 10.7. The molecule has 1 aromatic carbocycles. The lowest BCUT2D eigenvalue weighted by Gasteiger charge is -2.12. The van der Waals surface area contributed by atoms with Crippen molar-refractivity contribution in [3.63, 3.8) is 0 Å². The molecule has 2 rings (SSSR count). The molecule has 21 heavy (non-hydrogen) atoms. The maximum absolute atomic E-state index is 11.9. The first-order valence-electron chi connectivity index (χ1n) is 5.91. The summed E-state index contributed by atoms with van der Waals surface area (Å²) in [6, 6.07) is 6.86. The predicted molar refractivity (Wildman–Crippen MR) is 81.3 cm³/mol. The first kappa shape index (κ1) is 15.3. The summed E-state index contributed by atoms with van der Waals surface area (Å²) in [5, 5.41) is 0.445. The Morgan fingerprint density at radius 2 is 1.95 bits per heavy atom. The van der Waals surface area contributed by atoms with Crippen LogP contribution in [0, 0.1) is 0 Å². The van der Waals surface area contributed by atoms with Gasteiger partial charge in [-0.15, -0.1) is 11.6 Å². The highest BCUT2D eigenvalue weighted by molar-refractivity contribution is 6.31. The van der Waals surface area contributed by atoms with Crippen molar-refractivity contribution in [2.45, 2.75) is 6.54 Å². The summed E-state index contributed by atoms with van der Waals surface area (Å²) >= 11 is 11.5. The third kappa shape index (κ3) is 3.01. The van der Waals surface area contributed by atoms with E-state index in [1.807, 2.05) is 0 Å². The van der Waals surface area contributed by atoms with E-state index in [1.165, 1.54) is 0 Å². The molecule has 2 aromatic rings.